The molecule has 7 heteroatoms. The number of ether oxygens (including phenoxy) is 1. The third-order valence-corrected chi connectivity index (χ3v) is 6.38. The zero-order chi connectivity index (χ0) is 24.0. The molecule has 4 rings (SSSR count). The Morgan fingerprint density at radius 2 is 1.91 bits per heavy atom. The Bertz CT molecular complexity index is 1100. The van der Waals surface area contributed by atoms with E-state index in [-0.39, 0.29) is 12.5 Å². The predicted octanol–water partition coefficient (Wildman–Crippen LogP) is 4.06. The summed E-state index contributed by atoms with van der Waals surface area (Å²) < 4.78 is 5.52. The number of amides is 2. The van der Waals surface area contributed by atoms with Gasteiger partial charge in [-0.25, -0.2) is 9.79 Å². The molecule has 1 aromatic heterocycles. The molecule has 0 spiro atoms. The summed E-state index contributed by atoms with van der Waals surface area (Å²) in [5, 5.41) is 10.3. The van der Waals surface area contributed by atoms with Gasteiger partial charge in [-0.1, -0.05) is 30.3 Å². The Morgan fingerprint density at radius 1 is 1.21 bits per heavy atom. The van der Waals surface area contributed by atoms with Crippen LogP contribution in [0.5, 0.6) is 0 Å². The number of hydrogen-bond donors (Lipinski definition) is 1. The number of aryl methyl sites for hydroxylation is 1. The van der Waals surface area contributed by atoms with Crippen molar-refractivity contribution in [3.8, 4) is 11.1 Å². The molecular formula is C26H31N3O4. The van der Waals surface area contributed by atoms with Crippen LogP contribution in [0.25, 0.3) is 11.1 Å². The Kier molecular flexibility index (Phi) is 5.86. The van der Waals surface area contributed by atoms with Crippen molar-refractivity contribution in [1.29, 1.82) is 0 Å². The van der Waals surface area contributed by atoms with Crippen molar-refractivity contribution >= 4 is 17.7 Å². The number of rotatable bonds is 3. The van der Waals surface area contributed by atoms with Crippen molar-refractivity contribution < 1.29 is 19.4 Å². The number of hydrogen-bond acceptors (Lipinski definition) is 5. The minimum Gasteiger partial charge on any atom is -0.444 e. The molecule has 1 N–H and O–H groups in total. The molecule has 2 amide bonds. The van der Waals surface area contributed by atoms with Gasteiger partial charge >= 0.3 is 6.09 Å². The summed E-state index contributed by atoms with van der Waals surface area (Å²) in [7, 11) is 0. The van der Waals surface area contributed by atoms with Crippen molar-refractivity contribution in [3.63, 3.8) is 0 Å². The van der Waals surface area contributed by atoms with Gasteiger partial charge in [0.05, 0.1) is 24.1 Å². The molecule has 1 saturated heterocycles. The minimum atomic E-state index is -0.814. The van der Waals surface area contributed by atoms with E-state index in [1.54, 1.807) is 27.0 Å². The summed E-state index contributed by atoms with van der Waals surface area (Å²) >= 11 is 0. The number of pyridine rings is 1. The molecule has 0 aliphatic carbocycles. The van der Waals surface area contributed by atoms with Gasteiger partial charge < -0.3 is 9.84 Å². The van der Waals surface area contributed by atoms with Crippen molar-refractivity contribution in [2.45, 2.75) is 70.6 Å². The van der Waals surface area contributed by atoms with Gasteiger partial charge in [0.2, 0.25) is 0 Å². The Hall–Kier alpha value is -3.06. The van der Waals surface area contributed by atoms with Crippen LogP contribution in [-0.4, -0.2) is 57.0 Å². The van der Waals surface area contributed by atoms with Crippen LogP contribution in [0.3, 0.4) is 0 Å². The molecular weight excluding hydrogens is 418 g/mol. The summed E-state index contributed by atoms with van der Waals surface area (Å²) in [5.41, 5.74) is 3.07. The molecule has 0 bridgehead atoms. The van der Waals surface area contributed by atoms with Gasteiger partial charge in [-0.2, -0.15) is 0 Å². The first-order valence-corrected chi connectivity index (χ1v) is 11.3. The maximum atomic E-state index is 13.1. The van der Waals surface area contributed by atoms with Crippen molar-refractivity contribution in [3.05, 3.63) is 53.9 Å². The van der Waals surface area contributed by atoms with E-state index in [2.05, 4.69) is 9.98 Å². The summed E-state index contributed by atoms with van der Waals surface area (Å²) in [6.07, 6.45) is 1.34. The molecule has 0 saturated carbocycles. The maximum absolute atomic E-state index is 13.1. The number of aliphatic hydroxyl groups excluding tert-OH is 1. The second-order valence-corrected chi connectivity index (χ2v) is 10.2. The van der Waals surface area contributed by atoms with Gasteiger partial charge in [-0.3, -0.25) is 14.7 Å². The lowest BCUT2D eigenvalue weighted by molar-refractivity contribution is -0.121. The zero-order valence-corrected chi connectivity index (χ0v) is 19.8. The van der Waals surface area contributed by atoms with Gasteiger partial charge in [0.25, 0.3) is 5.91 Å². The van der Waals surface area contributed by atoms with Crippen molar-refractivity contribution in [2.24, 2.45) is 4.99 Å². The second kappa shape index (κ2) is 8.37. The summed E-state index contributed by atoms with van der Waals surface area (Å²) in [4.78, 5) is 36.0. The third-order valence-electron chi connectivity index (χ3n) is 6.38. The van der Waals surface area contributed by atoms with Crippen LogP contribution in [0.1, 0.15) is 51.8 Å². The highest BCUT2D eigenvalue weighted by atomic mass is 16.6. The van der Waals surface area contributed by atoms with Crippen LogP contribution in [0.2, 0.25) is 0 Å². The molecule has 33 heavy (non-hydrogen) atoms. The Morgan fingerprint density at radius 3 is 2.55 bits per heavy atom. The van der Waals surface area contributed by atoms with Crippen LogP contribution < -0.4 is 0 Å². The van der Waals surface area contributed by atoms with Crippen molar-refractivity contribution in [1.82, 2.24) is 9.88 Å². The lowest BCUT2D eigenvalue weighted by atomic mass is 9.78. The average Bonchev–Trinajstić information content (AvgIpc) is 3.28. The van der Waals surface area contributed by atoms with E-state index in [1.807, 2.05) is 50.2 Å². The van der Waals surface area contributed by atoms with E-state index >= 15 is 0 Å². The zero-order valence-electron chi connectivity index (χ0n) is 19.8. The largest absolute Gasteiger partial charge is 0.444 e. The summed E-state index contributed by atoms with van der Waals surface area (Å²) in [6.45, 7) is 9.43. The fraction of sp³-hybridized carbons (Fsp3) is 0.462. The van der Waals surface area contributed by atoms with E-state index in [0.717, 1.165) is 22.4 Å². The number of aliphatic imine (C=N–C) groups is 1. The number of carbonyl (C=O) groups is 2. The fourth-order valence-corrected chi connectivity index (χ4v) is 4.61. The van der Waals surface area contributed by atoms with Crippen LogP contribution in [-0.2, 0) is 14.9 Å². The normalized spacial score (nSPS) is 25.3. The highest BCUT2D eigenvalue weighted by molar-refractivity contribution is 6.11. The topological polar surface area (TPSA) is 92.1 Å². The standard InChI is InChI=1S/C26H31N3O4/c1-16-20(7-6-12-27-16)17-8-10-18(11-9-17)26(5)14-21(28-23(26)31)22-13-19(30)15-29(22)24(32)33-25(2,3)4/h6-12,19,22,30H,13-15H2,1-5H3/t19-,22?,26?/m1/s1. The van der Waals surface area contributed by atoms with E-state index in [9.17, 15) is 14.7 Å². The van der Waals surface area contributed by atoms with Crippen LogP contribution in [0, 0.1) is 6.92 Å². The number of benzene rings is 1. The molecule has 174 valence electrons. The smallest absolute Gasteiger partial charge is 0.410 e. The van der Waals surface area contributed by atoms with Crippen molar-refractivity contribution in [2.75, 3.05) is 6.54 Å². The first-order valence-electron chi connectivity index (χ1n) is 11.3. The molecule has 2 aliphatic heterocycles. The quantitative estimate of drug-likeness (QED) is 0.763. The van der Waals surface area contributed by atoms with Gasteiger partial charge in [-0.05, 0) is 51.8 Å². The lowest BCUT2D eigenvalue weighted by Gasteiger charge is -2.29. The molecule has 2 unspecified atom stereocenters. The monoisotopic (exact) mass is 449 g/mol. The molecule has 2 aliphatic rings. The van der Waals surface area contributed by atoms with E-state index in [4.69, 9.17) is 4.74 Å². The van der Waals surface area contributed by atoms with E-state index < -0.39 is 29.3 Å². The van der Waals surface area contributed by atoms with E-state index in [0.29, 0.717) is 18.6 Å². The first-order chi connectivity index (χ1) is 15.5. The lowest BCUT2D eigenvalue weighted by Crippen LogP contribution is -2.43. The maximum Gasteiger partial charge on any atom is 0.410 e. The molecule has 3 heterocycles. The van der Waals surface area contributed by atoms with E-state index in [1.165, 1.54) is 4.90 Å². The highest BCUT2D eigenvalue weighted by Crippen LogP contribution is 2.38. The number of nitrogens with zero attached hydrogens (tertiary/aromatic N) is 3. The Labute approximate surface area is 194 Å². The first kappa shape index (κ1) is 23.1. The van der Waals surface area contributed by atoms with Crippen LogP contribution >= 0.6 is 0 Å². The van der Waals surface area contributed by atoms with Crippen LogP contribution in [0.15, 0.2) is 47.6 Å². The number of likely N-dealkylation sites (tertiary alicyclic amines) is 1. The van der Waals surface area contributed by atoms with Crippen LogP contribution in [0.4, 0.5) is 4.79 Å². The van der Waals surface area contributed by atoms with Gasteiger partial charge in [0.15, 0.2) is 0 Å². The van der Waals surface area contributed by atoms with Gasteiger partial charge in [0, 0.05) is 36.0 Å². The minimum absolute atomic E-state index is 0.169. The number of carbonyl (C=O) groups excluding carboxylic acids is 2. The SMILES string of the molecule is Cc1ncccc1-c1ccc(C2(C)CC(C3C[C@@H](O)CN3C(=O)OC(C)(C)C)=NC2=O)cc1. The summed E-state index contributed by atoms with van der Waals surface area (Å²) in [6, 6.07) is 11.4. The number of aromatic nitrogens is 1. The third kappa shape index (κ3) is 4.55. The average molecular weight is 450 g/mol. The molecule has 1 fully saturated rings. The van der Waals surface area contributed by atoms with Gasteiger partial charge in [-0.15, -0.1) is 0 Å². The predicted molar refractivity (Wildman–Crippen MR) is 126 cm³/mol. The molecule has 0 radical (unpaired) electrons. The fourth-order valence-electron chi connectivity index (χ4n) is 4.61. The molecule has 7 nitrogen and oxygen atoms in total. The highest BCUT2D eigenvalue weighted by Gasteiger charge is 2.48. The number of aliphatic hydroxyl groups is 1. The molecule has 2 aromatic rings. The molecule has 3 atom stereocenters. The number of β-amino-alcohol motifs (C(OH)–C–C–N with tert-alkyl or cyclic N) is 1. The molecule has 1 aromatic carbocycles. The second-order valence-electron chi connectivity index (χ2n) is 10.2. The summed E-state index contributed by atoms with van der Waals surface area (Å²) in [5.74, 6) is -0.228. The van der Waals surface area contributed by atoms with Gasteiger partial charge in [0.1, 0.15) is 5.60 Å². The Balaban J connectivity index is 1.56.